The second-order valence-electron chi connectivity index (χ2n) is 5.30. The third-order valence-electron chi connectivity index (χ3n) is 3.94. The van der Waals surface area contributed by atoms with Crippen molar-refractivity contribution in [3.8, 4) is 11.5 Å². The molecule has 3 atom stereocenters. The summed E-state index contributed by atoms with van der Waals surface area (Å²) in [5.41, 5.74) is 0.742. The van der Waals surface area contributed by atoms with Gasteiger partial charge in [0.15, 0.2) is 23.0 Å². The third kappa shape index (κ3) is 2.61. The van der Waals surface area contributed by atoms with E-state index in [2.05, 4.69) is 0 Å². The molecular weight excluding hydrogens is 300 g/mol. The lowest BCUT2D eigenvalue weighted by atomic mass is 9.91. The molecule has 0 saturated carbocycles. The minimum Gasteiger partial charge on any atom is -0.506 e. The van der Waals surface area contributed by atoms with Gasteiger partial charge in [0.25, 0.3) is 0 Å². The number of fused-ring (bicyclic) bond motifs is 1. The first kappa shape index (κ1) is 15.3. The van der Waals surface area contributed by atoms with E-state index in [-0.39, 0.29) is 23.2 Å². The van der Waals surface area contributed by atoms with E-state index < -0.39 is 12.2 Å². The SMILES string of the molecule is COC1=C(O)C(O)C=C2OC(c3ccc(OC)c(O)c3)C=CC21. The summed E-state index contributed by atoms with van der Waals surface area (Å²) in [5.74, 6) is 0.587. The minimum atomic E-state index is -1.16. The average Bonchev–Trinajstić information content (AvgIpc) is 2.55. The molecule has 0 bridgehead atoms. The topological polar surface area (TPSA) is 88.4 Å². The van der Waals surface area contributed by atoms with Crippen molar-refractivity contribution in [3.63, 3.8) is 0 Å². The molecule has 1 aliphatic carbocycles. The zero-order valence-electron chi connectivity index (χ0n) is 12.8. The van der Waals surface area contributed by atoms with Crippen molar-refractivity contribution in [3.05, 3.63) is 59.3 Å². The molecule has 0 amide bonds. The lowest BCUT2D eigenvalue weighted by molar-refractivity contribution is 0.0836. The van der Waals surface area contributed by atoms with Crippen LogP contribution in [0.3, 0.4) is 0 Å². The number of hydrogen-bond donors (Lipinski definition) is 3. The van der Waals surface area contributed by atoms with Crippen molar-refractivity contribution in [1.82, 2.24) is 0 Å². The van der Waals surface area contributed by atoms with Gasteiger partial charge in [-0.25, -0.2) is 0 Å². The van der Waals surface area contributed by atoms with Crippen LogP contribution >= 0.6 is 0 Å². The quantitative estimate of drug-likeness (QED) is 0.741. The van der Waals surface area contributed by atoms with E-state index >= 15 is 0 Å². The van der Waals surface area contributed by atoms with Crippen LogP contribution in [0.25, 0.3) is 0 Å². The Hall–Kier alpha value is -2.60. The molecule has 1 aromatic rings. The van der Waals surface area contributed by atoms with Gasteiger partial charge >= 0.3 is 0 Å². The first-order chi connectivity index (χ1) is 11.0. The Labute approximate surface area is 133 Å². The number of aliphatic hydroxyl groups is 2. The van der Waals surface area contributed by atoms with Crippen molar-refractivity contribution < 1.29 is 29.5 Å². The van der Waals surface area contributed by atoms with Crippen LogP contribution in [0.5, 0.6) is 11.5 Å². The van der Waals surface area contributed by atoms with E-state index in [4.69, 9.17) is 14.2 Å². The molecule has 3 N–H and O–H groups in total. The second kappa shape index (κ2) is 5.89. The fraction of sp³-hybridized carbons (Fsp3) is 0.294. The van der Waals surface area contributed by atoms with E-state index in [1.54, 1.807) is 18.2 Å². The molecule has 1 aromatic carbocycles. The van der Waals surface area contributed by atoms with Crippen LogP contribution < -0.4 is 4.74 Å². The van der Waals surface area contributed by atoms with Crippen LogP contribution in [0.2, 0.25) is 0 Å². The summed E-state index contributed by atoms with van der Waals surface area (Å²) in [5, 5.41) is 29.6. The van der Waals surface area contributed by atoms with Gasteiger partial charge in [-0.3, -0.25) is 0 Å². The molecule has 6 nitrogen and oxygen atoms in total. The summed E-state index contributed by atoms with van der Waals surface area (Å²) < 4.78 is 16.1. The Balaban J connectivity index is 1.91. The number of benzene rings is 1. The summed E-state index contributed by atoms with van der Waals surface area (Å²) in [6, 6.07) is 5.02. The molecule has 0 saturated heterocycles. The zero-order chi connectivity index (χ0) is 16.6. The van der Waals surface area contributed by atoms with E-state index in [9.17, 15) is 15.3 Å². The number of rotatable bonds is 3. The zero-order valence-corrected chi connectivity index (χ0v) is 12.8. The maximum absolute atomic E-state index is 9.89. The Morgan fingerprint density at radius 1 is 1.09 bits per heavy atom. The van der Waals surface area contributed by atoms with Gasteiger partial charge in [-0.05, 0) is 24.3 Å². The summed E-state index contributed by atoms with van der Waals surface area (Å²) in [6.07, 6.45) is 3.52. The molecule has 3 rings (SSSR count). The first-order valence-corrected chi connectivity index (χ1v) is 7.13. The number of aliphatic hydroxyl groups excluding tert-OH is 2. The summed E-state index contributed by atoms with van der Waals surface area (Å²) in [4.78, 5) is 0. The largest absolute Gasteiger partial charge is 0.506 e. The predicted molar refractivity (Wildman–Crippen MR) is 81.9 cm³/mol. The van der Waals surface area contributed by atoms with Gasteiger partial charge in [0.1, 0.15) is 18.0 Å². The summed E-state index contributed by atoms with van der Waals surface area (Å²) in [7, 11) is 2.91. The highest BCUT2D eigenvalue weighted by Crippen LogP contribution is 2.40. The van der Waals surface area contributed by atoms with Gasteiger partial charge in [0, 0.05) is 5.56 Å². The molecule has 6 heteroatoms. The van der Waals surface area contributed by atoms with Crippen LogP contribution in [0.15, 0.2) is 53.7 Å². The maximum atomic E-state index is 9.89. The van der Waals surface area contributed by atoms with Gasteiger partial charge in [-0.15, -0.1) is 0 Å². The molecule has 1 heterocycles. The summed E-state index contributed by atoms with van der Waals surface area (Å²) >= 11 is 0. The first-order valence-electron chi connectivity index (χ1n) is 7.13. The van der Waals surface area contributed by atoms with Gasteiger partial charge < -0.3 is 29.5 Å². The molecule has 0 spiro atoms. The van der Waals surface area contributed by atoms with Crippen LogP contribution in [0.4, 0.5) is 0 Å². The lowest BCUT2D eigenvalue weighted by Crippen LogP contribution is -2.26. The second-order valence-corrected chi connectivity index (χ2v) is 5.30. The molecule has 1 aliphatic heterocycles. The van der Waals surface area contributed by atoms with E-state index in [0.717, 1.165) is 5.56 Å². The van der Waals surface area contributed by atoms with E-state index in [1.165, 1.54) is 20.3 Å². The van der Waals surface area contributed by atoms with Gasteiger partial charge in [-0.2, -0.15) is 0 Å². The fourth-order valence-corrected chi connectivity index (χ4v) is 2.76. The van der Waals surface area contributed by atoms with Crippen molar-refractivity contribution in [2.75, 3.05) is 14.2 Å². The van der Waals surface area contributed by atoms with E-state index in [1.807, 2.05) is 12.2 Å². The maximum Gasteiger partial charge on any atom is 0.164 e. The normalized spacial score (nSPS) is 26.2. The van der Waals surface area contributed by atoms with Gasteiger partial charge in [0.05, 0.1) is 20.1 Å². The third-order valence-corrected chi connectivity index (χ3v) is 3.94. The Morgan fingerprint density at radius 2 is 1.87 bits per heavy atom. The van der Waals surface area contributed by atoms with Gasteiger partial charge in [0.2, 0.25) is 0 Å². The molecular formula is C17H18O6. The molecule has 0 fully saturated rings. The highest BCUT2D eigenvalue weighted by molar-refractivity contribution is 5.44. The number of aromatic hydroxyl groups is 1. The highest BCUT2D eigenvalue weighted by atomic mass is 16.5. The number of phenolic OH excluding ortho intramolecular Hbond substituents is 1. The Kier molecular flexibility index (Phi) is 3.92. The van der Waals surface area contributed by atoms with Crippen LogP contribution in [-0.2, 0) is 9.47 Å². The molecule has 122 valence electrons. The number of phenols is 1. The van der Waals surface area contributed by atoms with E-state index in [0.29, 0.717) is 11.5 Å². The predicted octanol–water partition coefficient (Wildman–Crippen LogP) is 2.32. The average molecular weight is 318 g/mol. The Bertz CT molecular complexity index is 703. The van der Waals surface area contributed by atoms with Crippen LogP contribution in [-0.4, -0.2) is 35.6 Å². The standard InChI is InChI=1S/C17H18O6/c1-21-14-5-3-9(7-11(14)18)13-6-4-10-15(23-13)8-12(19)16(20)17(10)22-2/h3-8,10,12-13,18-20H,1-2H3. The van der Waals surface area contributed by atoms with Crippen LogP contribution in [0.1, 0.15) is 11.7 Å². The monoisotopic (exact) mass is 318 g/mol. The molecule has 2 aliphatic rings. The van der Waals surface area contributed by atoms with Crippen molar-refractivity contribution in [2.24, 2.45) is 5.92 Å². The smallest absolute Gasteiger partial charge is 0.164 e. The molecule has 23 heavy (non-hydrogen) atoms. The van der Waals surface area contributed by atoms with Crippen molar-refractivity contribution >= 4 is 0 Å². The fourth-order valence-electron chi connectivity index (χ4n) is 2.76. The molecule has 0 radical (unpaired) electrons. The lowest BCUT2D eigenvalue weighted by Gasteiger charge is -2.32. The minimum absolute atomic E-state index is 0.0249. The highest BCUT2D eigenvalue weighted by Gasteiger charge is 2.35. The number of ether oxygens (including phenoxy) is 3. The van der Waals surface area contributed by atoms with Gasteiger partial charge in [-0.1, -0.05) is 12.1 Å². The summed E-state index contributed by atoms with van der Waals surface area (Å²) in [6.45, 7) is 0. The molecule has 3 unspecified atom stereocenters. The Morgan fingerprint density at radius 3 is 2.52 bits per heavy atom. The van der Waals surface area contributed by atoms with Crippen LogP contribution in [0, 0.1) is 5.92 Å². The number of methoxy groups -OCH3 is 2. The molecule has 0 aromatic heterocycles. The van der Waals surface area contributed by atoms with Crippen molar-refractivity contribution in [1.29, 1.82) is 0 Å². The number of hydrogen-bond acceptors (Lipinski definition) is 6. The van der Waals surface area contributed by atoms with Crippen molar-refractivity contribution in [2.45, 2.75) is 12.2 Å².